The van der Waals surface area contributed by atoms with Crippen molar-refractivity contribution >= 4 is 17.9 Å². The summed E-state index contributed by atoms with van der Waals surface area (Å²) in [6, 6.07) is 17.1. The molecule has 0 atom stereocenters. The van der Waals surface area contributed by atoms with E-state index in [1.165, 1.54) is 0 Å². The third-order valence-electron chi connectivity index (χ3n) is 3.71. The van der Waals surface area contributed by atoms with E-state index in [2.05, 4.69) is 11.3 Å². The van der Waals surface area contributed by atoms with Gasteiger partial charge in [0.15, 0.2) is 0 Å². The highest BCUT2D eigenvalue weighted by Crippen LogP contribution is 2.22. The van der Waals surface area contributed by atoms with Crippen LogP contribution in [-0.4, -0.2) is 31.1 Å². The Balaban J connectivity index is 1.65. The number of carbonyl (C=O) groups excluding carboxylic acids is 3. The molecule has 6 nitrogen and oxygen atoms in total. The van der Waals surface area contributed by atoms with Gasteiger partial charge in [-0.25, -0.2) is 4.79 Å². The van der Waals surface area contributed by atoms with Gasteiger partial charge in [-0.3, -0.25) is 9.59 Å². The summed E-state index contributed by atoms with van der Waals surface area (Å²) in [6.07, 6.45) is 1.52. The molecule has 0 amide bonds. The normalized spacial score (nSPS) is 10.0. The maximum Gasteiger partial charge on any atom is 0.330 e. The predicted octanol–water partition coefficient (Wildman–Crippen LogP) is 3.70. The molecule has 0 bridgehead atoms. The molecular formula is C22H22O6. The second-order valence-corrected chi connectivity index (χ2v) is 5.81. The van der Waals surface area contributed by atoms with Crippen molar-refractivity contribution in [1.82, 2.24) is 0 Å². The second-order valence-electron chi connectivity index (χ2n) is 5.81. The van der Waals surface area contributed by atoms with Gasteiger partial charge in [0.25, 0.3) is 0 Å². The lowest BCUT2D eigenvalue weighted by Crippen LogP contribution is -2.13. The molecule has 0 saturated heterocycles. The first-order valence-electron chi connectivity index (χ1n) is 8.89. The maximum absolute atomic E-state index is 11.9. The Bertz CT molecular complexity index is 796. The van der Waals surface area contributed by atoms with Crippen LogP contribution < -0.4 is 4.74 Å². The summed E-state index contributed by atoms with van der Waals surface area (Å²) in [7, 11) is 0. The highest BCUT2D eigenvalue weighted by molar-refractivity contribution is 5.81. The standard InChI is InChI=1S/C22H22O6/c1-2-20(23)26-15-16-27-21(24)9-6-10-22(25)28-19-13-11-18(12-14-19)17-7-4-3-5-8-17/h2-5,7-8,11-14H,1,6,9-10,15-16H2. The van der Waals surface area contributed by atoms with Crippen LogP contribution in [0.5, 0.6) is 5.75 Å². The third kappa shape index (κ3) is 7.45. The van der Waals surface area contributed by atoms with E-state index in [1.807, 2.05) is 42.5 Å². The van der Waals surface area contributed by atoms with E-state index in [4.69, 9.17) is 9.47 Å². The van der Waals surface area contributed by atoms with E-state index in [0.29, 0.717) is 12.2 Å². The highest BCUT2D eigenvalue weighted by atomic mass is 16.6. The Morgan fingerprint density at radius 2 is 1.39 bits per heavy atom. The zero-order valence-electron chi connectivity index (χ0n) is 15.5. The molecule has 0 radical (unpaired) electrons. The molecule has 2 aromatic carbocycles. The van der Waals surface area contributed by atoms with Crippen molar-refractivity contribution in [2.24, 2.45) is 0 Å². The molecule has 0 aliphatic rings. The van der Waals surface area contributed by atoms with Gasteiger partial charge in [-0.1, -0.05) is 49.0 Å². The fourth-order valence-electron chi connectivity index (χ4n) is 2.33. The first-order chi connectivity index (χ1) is 13.6. The number of hydrogen-bond acceptors (Lipinski definition) is 6. The van der Waals surface area contributed by atoms with E-state index >= 15 is 0 Å². The van der Waals surface area contributed by atoms with Crippen molar-refractivity contribution in [2.45, 2.75) is 19.3 Å². The summed E-state index contributed by atoms with van der Waals surface area (Å²) < 4.78 is 14.8. The first-order valence-corrected chi connectivity index (χ1v) is 8.89. The summed E-state index contributed by atoms with van der Waals surface area (Å²) in [5.74, 6) is -0.998. The lowest BCUT2D eigenvalue weighted by atomic mass is 10.1. The summed E-state index contributed by atoms with van der Waals surface area (Å²) in [5.41, 5.74) is 2.11. The molecule has 0 N–H and O–H groups in total. The Morgan fingerprint density at radius 1 is 0.786 bits per heavy atom. The summed E-state index contributed by atoms with van der Waals surface area (Å²) in [4.78, 5) is 34.2. The van der Waals surface area contributed by atoms with Gasteiger partial charge in [-0.05, 0) is 29.7 Å². The zero-order chi connectivity index (χ0) is 20.2. The maximum atomic E-state index is 11.9. The molecule has 146 valence electrons. The van der Waals surface area contributed by atoms with Crippen LogP contribution >= 0.6 is 0 Å². The molecule has 0 spiro atoms. The van der Waals surface area contributed by atoms with Gasteiger partial charge in [0.05, 0.1) is 0 Å². The molecule has 0 aliphatic heterocycles. The third-order valence-corrected chi connectivity index (χ3v) is 3.71. The van der Waals surface area contributed by atoms with Crippen molar-refractivity contribution < 1.29 is 28.6 Å². The quantitative estimate of drug-likeness (QED) is 0.270. The Morgan fingerprint density at radius 3 is 2.07 bits per heavy atom. The van der Waals surface area contributed by atoms with Crippen LogP contribution in [0.15, 0.2) is 67.3 Å². The van der Waals surface area contributed by atoms with Gasteiger partial charge in [0, 0.05) is 18.9 Å². The van der Waals surface area contributed by atoms with Crippen LogP contribution in [0.25, 0.3) is 11.1 Å². The SMILES string of the molecule is C=CC(=O)OCCOC(=O)CCCC(=O)Oc1ccc(-c2ccccc2)cc1. The lowest BCUT2D eigenvalue weighted by molar-refractivity contribution is -0.149. The minimum atomic E-state index is -0.574. The molecule has 28 heavy (non-hydrogen) atoms. The molecule has 0 aliphatic carbocycles. The van der Waals surface area contributed by atoms with Gasteiger partial charge < -0.3 is 14.2 Å². The molecule has 2 rings (SSSR count). The molecule has 0 saturated carbocycles. The van der Waals surface area contributed by atoms with Gasteiger partial charge in [0.1, 0.15) is 19.0 Å². The Hall–Kier alpha value is -3.41. The molecular weight excluding hydrogens is 360 g/mol. The smallest absolute Gasteiger partial charge is 0.330 e. The van der Waals surface area contributed by atoms with E-state index in [9.17, 15) is 14.4 Å². The number of hydrogen-bond donors (Lipinski definition) is 0. The number of rotatable bonds is 10. The number of esters is 3. The van der Waals surface area contributed by atoms with E-state index < -0.39 is 17.9 Å². The van der Waals surface area contributed by atoms with Gasteiger partial charge in [-0.2, -0.15) is 0 Å². The molecule has 0 aromatic heterocycles. The topological polar surface area (TPSA) is 78.9 Å². The van der Waals surface area contributed by atoms with Crippen molar-refractivity contribution in [1.29, 1.82) is 0 Å². The van der Waals surface area contributed by atoms with E-state index in [0.717, 1.165) is 17.2 Å². The van der Waals surface area contributed by atoms with Crippen LogP contribution in [-0.2, 0) is 23.9 Å². The highest BCUT2D eigenvalue weighted by Gasteiger charge is 2.09. The number of ether oxygens (including phenoxy) is 3. The average molecular weight is 382 g/mol. The van der Waals surface area contributed by atoms with Crippen LogP contribution in [0, 0.1) is 0 Å². The summed E-state index contributed by atoms with van der Waals surface area (Å²) >= 11 is 0. The predicted molar refractivity (Wildman–Crippen MR) is 103 cm³/mol. The zero-order valence-corrected chi connectivity index (χ0v) is 15.5. The molecule has 2 aromatic rings. The molecule has 0 fully saturated rings. The summed E-state index contributed by atoms with van der Waals surface area (Å²) in [6.45, 7) is 3.19. The fraction of sp³-hybridized carbons (Fsp3) is 0.227. The van der Waals surface area contributed by atoms with Crippen molar-refractivity contribution in [2.75, 3.05) is 13.2 Å². The van der Waals surface area contributed by atoms with Crippen molar-refractivity contribution in [3.05, 3.63) is 67.3 Å². The number of carbonyl (C=O) groups is 3. The minimum Gasteiger partial charge on any atom is -0.462 e. The first kappa shape index (κ1) is 20.9. The van der Waals surface area contributed by atoms with Crippen LogP contribution in [0.4, 0.5) is 0 Å². The van der Waals surface area contributed by atoms with Crippen molar-refractivity contribution in [3.8, 4) is 16.9 Å². The number of benzene rings is 2. The fourth-order valence-corrected chi connectivity index (χ4v) is 2.33. The average Bonchev–Trinajstić information content (AvgIpc) is 2.72. The van der Waals surface area contributed by atoms with Gasteiger partial charge >= 0.3 is 17.9 Å². The lowest BCUT2D eigenvalue weighted by Gasteiger charge is -2.07. The summed E-state index contributed by atoms with van der Waals surface area (Å²) in [5, 5.41) is 0. The van der Waals surface area contributed by atoms with Crippen LogP contribution in [0.3, 0.4) is 0 Å². The van der Waals surface area contributed by atoms with Crippen molar-refractivity contribution in [3.63, 3.8) is 0 Å². The molecule has 0 heterocycles. The second kappa shape index (κ2) is 11.3. The molecule has 0 unspecified atom stereocenters. The van der Waals surface area contributed by atoms with Gasteiger partial charge in [-0.15, -0.1) is 0 Å². The van der Waals surface area contributed by atoms with Crippen LogP contribution in [0.1, 0.15) is 19.3 Å². The molecule has 6 heteroatoms. The van der Waals surface area contributed by atoms with E-state index in [-0.39, 0.29) is 26.1 Å². The largest absolute Gasteiger partial charge is 0.462 e. The monoisotopic (exact) mass is 382 g/mol. The Kier molecular flexibility index (Phi) is 8.46. The van der Waals surface area contributed by atoms with E-state index in [1.54, 1.807) is 12.1 Å². The Labute approximate surface area is 163 Å². The van der Waals surface area contributed by atoms with Gasteiger partial charge in [0.2, 0.25) is 0 Å². The minimum absolute atomic E-state index is 0.0301. The van der Waals surface area contributed by atoms with Crippen LogP contribution in [0.2, 0.25) is 0 Å².